The number of nitrogens with zero attached hydrogens (tertiary/aromatic N) is 1. The third kappa shape index (κ3) is 1.45. The lowest BCUT2D eigenvalue weighted by molar-refractivity contribution is 0.209. The highest BCUT2D eigenvalue weighted by Gasteiger charge is 1.95. The average Bonchev–Trinajstić information content (AvgIpc) is 2.15. The SMILES string of the molecule is O=C(O)Nc1ccn[nH]1. The smallest absolute Gasteiger partial charge is 0.410 e. The predicted octanol–water partition coefficient (Wildman–Crippen LogP) is 0.500. The van der Waals surface area contributed by atoms with Gasteiger partial charge in [0.05, 0.1) is 6.20 Å². The quantitative estimate of drug-likeness (QED) is 0.514. The summed E-state index contributed by atoms with van der Waals surface area (Å²) in [4.78, 5) is 9.91. The first kappa shape index (κ1) is 5.61. The molecule has 1 rings (SSSR count). The number of amides is 1. The van der Waals surface area contributed by atoms with Crippen molar-refractivity contribution in [1.29, 1.82) is 0 Å². The topological polar surface area (TPSA) is 78.0 Å². The van der Waals surface area contributed by atoms with Crippen molar-refractivity contribution < 1.29 is 9.90 Å². The van der Waals surface area contributed by atoms with Crippen molar-refractivity contribution in [3.05, 3.63) is 12.3 Å². The van der Waals surface area contributed by atoms with Crippen molar-refractivity contribution in [2.75, 3.05) is 5.32 Å². The van der Waals surface area contributed by atoms with Crippen LogP contribution in [0, 0.1) is 0 Å². The van der Waals surface area contributed by atoms with Crippen LogP contribution in [0.25, 0.3) is 0 Å². The van der Waals surface area contributed by atoms with E-state index in [1.807, 2.05) is 0 Å². The average molecular weight is 127 g/mol. The fraction of sp³-hybridized carbons (Fsp3) is 0. The van der Waals surface area contributed by atoms with Crippen LogP contribution in [0.4, 0.5) is 10.6 Å². The zero-order valence-electron chi connectivity index (χ0n) is 4.46. The summed E-state index contributed by atoms with van der Waals surface area (Å²) in [7, 11) is 0. The Morgan fingerprint density at radius 1 is 1.89 bits per heavy atom. The van der Waals surface area contributed by atoms with Gasteiger partial charge in [-0.25, -0.2) is 4.79 Å². The number of aromatic amines is 1. The van der Waals surface area contributed by atoms with Gasteiger partial charge in [0.2, 0.25) is 0 Å². The molecular formula is C4H5N3O2. The number of carboxylic acid groups (broad SMARTS) is 1. The summed E-state index contributed by atoms with van der Waals surface area (Å²) in [6.07, 6.45) is 0.366. The van der Waals surface area contributed by atoms with E-state index >= 15 is 0 Å². The molecule has 5 nitrogen and oxygen atoms in total. The number of aromatic nitrogens is 2. The van der Waals surface area contributed by atoms with Gasteiger partial charge in [0.15, 0.2) is 0 Å². The van der Waals surface area contributed by atoms with Crippen LogP contribution in [0.3, 0.4) is 0 Å². The number of anilines is 1. The minimum absolute atomic E-state index is 0.377. The molecule has 1 aromatic rings. The molecule has 0 aliphatic carbocycles. The Bertz CT molecular complexity index is 194. The van der Waals surface area contributed by atoms with E-state index in [-0.39, 0.29) is 0 Å². The third-order valence-electron chi connectivity index (χ3n) is 0.742. The van der Waals surface area contributed by atoms with Crippen LogP contribution in [0.15, 0.2) is 12.3 Å². The highest BCUT2D eigenvalue weighted by atomic mass is 16.4. The maximum absolute atomic E-state index is 9.91. The van der Waals surface area contributed by atoms with Gasteiger partial charge in [-0.2, -0.15) is 5.10 Å². The number of H-pyrrole nitrogens is 1. The fourth-order valence-electron chi connectivity index (χ4n) is 0.441. The van der Waals surface area contributed by atoms with Crippen molar-refractivity contribution >= 4 is 11.9 Å². The summed E-state index contributed by atoms with van der Waals surface area (Å²) in [5.41, 5.74) is 0. The maximum Gasteiger partial charge on any atom is 0.410 e. The van der Waals surface area contributed by atoms with Crippen molar-refractivity contribution in [1.82, 2.24) is 10.2 Å². The molecule has 0 bridgehead atoms. The molecule has 0 atom stereocenters. The van der Waals surface area contributed by atoms with E-state index in [4.69, 9.17) is 5.11 Å². The van der Waals surface area contributed by atoms with Crippen molar-refractivity contribution in [3.63, 3.8) is 0 Å². The molecule has 48 valence electrons. The first-order valence-electron chi connectivity index (χ1n) is 2.28. The standard InChI is InChI=1S/C4H5N3O2/c8-4(9)6-3-1-2-5-7-3/h1-2H,(H,8,9)(H2,5,6,7). The van der Waals surface area contributed by atoms with Gasteiger partial charge in [0, 0.05) is 6.07 Å². The van der Waals surface area contributed by atoms with Gasteiger partial charge >= 0.3 is 6.09 Å². The molecule has 0 spiro atoms. The monoisotopic (exact) mass is 127 g/mol. The third-order valence-corrected chi connectivity index (χ3v) is 0.742. The highest BCUT2D eigenvalue weighted by molar-refractivity contribution is 5.81. The summed E-state index contributed by atoms with van der Waals surface area (Å²) < 4.78 is 0. The van der Waals surface area contributed by atoms with E-state index in [9.17, 15) is 4.79 Å². The van der Waals surface area contributed by atoms with Gasteiger partial charge in [0.25, 0.3) is 0 Å². The lowest BCUT2D eigenvalue weighted by Gasteiger charge is -1.90. The van der Waals surface area contributed by atoms with E-state index in [2.05, 4.69) is 15.5 Å². The molecule has 9 heavy (non-hydrogen) atoms. The maximum atomic E-state index is 9.91. The number of carbonyl (C=O) groups is 1. The lowest BCUT2D eigenvalue weighted by Crippen LogP contribution is -2.07. The van der Waals surface area contributed by atoms with E-state index in [0.717, 1.165) is 0 Å². The molecule has 1 heterocycles. The van der Waals surface area contributed by atoms with Crippen LogP contribution in [-0.2, 0) is 0 Å². The van der Waals surface area contributed by atoms with Crippen molar-refractivity contribution in [2.45, 2.75) is 0 Å². The molecular weight excluding hydrogens is 122 g/mol. The molecule has 5 heteroatoms. The summed E-state index contributed by atoms with van der Waals surface area (Å²) in [5, 5.41) is 16.2. The summed E-state index contributed by atoms with van der Waals surface area (Å²) in [6, 6.07) is 1.52. The second kappa shape index (κ2) is 2.17. The Balaban J connectivity index is 2.58. The molecule has 0 fully saturated rings. The van der Waals surface area contributed by atoms with Gasteiger partial charge in [-0.1, -0.05) is 0 Å². The van der Waals surface area contributed by atoms with Crippen LogP contribution >= 0.6 is 0 Å². The molecule has 0 saturated heterocycles. The van der Waals surface area contributed by atoms with Gasteiger partial charge in [0.1, 0.15) is 5.82 Å². The lowest BCUT2D eigenvalue weighted by atomic mass is 10.6. The highest BCUT2D eigenvalue weighted by Crippen LogP contribution is 1.96. The van der Waals surface area contributed by atoms with Crippen LogP contribution in [0.1, 0.15) is 0 Å². The minimum Gasteiger partial charge on any atom is -0.465 e. The molecule has 0 aromatic carbocycles. The second-order valence-electron chi connectivity index (χ2n) is 1.40. The molecule has 3 N–H and O–H groups in total. The fourth-order valence-corrected chi connectivity index (χ4v) is 0.441. The van der Waals surface area contributed by atoms with Gasteiger partial charge in [-0.15, -0.1) is 0 Å². The normalized spacial score (nSPS) is 8.89. The van der Waals surface area contributed by atoms with Crippen molar-refractivity contribution in [2.24, 2.45) is 0 Å². The number of hydrogen-bond acceptors (Lipinski definition) is 2. The Morgan fingerprint density at radius 2 is 2.67 bits per heavy atom. The first-order chi connectivity index (χ1) is 4.29. The van der Waals surface area contributed by atoms with Crippen LogP contribution in [-0.4, -0.2) is 21.4 Å². The van der Waals surface area contributed by atoms with Gasteiger partial charge in [-0.05, 0) is 0 Å². The zero-order chi connectivity index (χ0) is 6.69. The minimum atomic E-state index is -1.10. The molecule has 0 aliphatic rings. The van der Waals surface area contributed by atoms with Crippen LogP contribution in [0.5, 0.6) is 0 Å². The Hall–Kier alpha value is -1.52. The number of hydrogen-bond donors (Lipinski definition) is 3. The van der Waals surface area contributed by atoms with Crippen LogP contribution in [0.2, 0.25) is 0 Å². The second-order valence-corrected chi connectivity index (χ2v) is 1.40. The van der Waals surface area contributed by atoms with E-state index in [1.54, 1.807) is 0 Å². The van der Waals surface area contributed by atoms with Crippen molar-refractivity contribution in [3.8, 4) is 0 Å². The molecule has 0 radical (unpaired) electrons. The number of nitrogens with one attached hydrogen (secondary N) is 2. The van der Waals surface area contributed by atoms with E-state index < -0.39 is 6.09 Å². The molecule has 0 saturated carbocycles. The summed E-state index contributed by atoms with van der Waals surface area (Å²) in [6.45, 7) is 0. The zero-order valence-corrected chi connectivity index (χ0v) is 4.46. The Kier molecular flexibility index (Phi) is 1.35. The number of rotatable bonds is 1. The predicted molar refractivity (Wildman–Crippen MR) is 30.2 cm³/mol. The van der Waals surface area contributed by atoms with Gasteiger partial charge in [-0.3, -0.25) is 10.4 Å². The molecule has 1 aromatic heterocycles. The molecule has 0 unspecified atom stereocenters. The summed E-state index contributed by atoms with van der Waals surface area (Å²) in [5.74, 6) is 0.377. The van der Waals surface area contributed by atoms with Gasteiger partial charge < -0.3 is 5.11 Å². The molecule has 0 aliphatic heterocycles. The molecule has 1 amide bonds. The van der Waals surface area contributed by atoms with E-state index in [1.165, 1.54) is 12.3 Å². The first-order valence-corrected chi connectivity index (χ1v) is 2.28. The Labute approximate surface area is 50.7 Å². The largest absolute Gasteiger partial charge is 0.465 e. The van der Waals surface area contributed by atoms with E-state index in [0.29, 0.717) is 5.82 Å². The van der Waals surface area contributed by atoms with Crippen LogP contribution < -0.4 is 5.32 Å². The summed E-state index contributed by atoms with van der Waals surface area (Å²) >= 11 is 0. The Morgan fingerprint density at radius 3 is 3.11 bits per heavy atom.